The van der Waals surface area contributed by atoms with Crippen molar-refractivity contribution < 1.29 is 13.2 Å². The highest BCUT2D eigenvalue weighted by molar-refractivity contribution is 6.33. The lowest BCUT2D eigenvalue weighted by Crippen LogP contribution is -2.25. The van der Waals surface area contributed by atoms with Gasteiger partial charge in [-0.2, -0.15) is 18.3 Å². The molecule has 0 aliphatic heterocycles. The van der Waals surface area contributed by atoms with Crippen LogP contribution in [0.15, 0.2) is 47.5 Å². The van der Waals surface area contributed by atoms with Crippen molar-refractivity contribution in [2.75, 3.05) is 5.32 Å². The minimum atomic E-state index is -4.56. The van der Waals surface area contributed by atoms with Gasteiger partial charge in [-0.25, -0.2) is 4.68 Å². The lowest BCUT2D eigenvalue weighted by Gasteiger charge is -2.12. The van der Waals surface area contributed by atoms with Gasteiger partial charge in [0, 0.05) is 17.8 Å². The fraction of sp³-hybridized carbons (Fsp3) is 0.167. The Kier molecular flexibility index (Phi) is 6.36. The Hall–Kier alpha value is -2.29. The molecular weight excluding hydrogens is 452 g/mol. The number of nitrogens with zero attached hydrogens (tertiary/aromatic N) is 3. The smallest absolute Gasteiger partial charge is 0.378 e. The first-order valence-electron chi connectivity index (χ1n) is 8.10. The van der Waals surface area contributed by atoms with Gasteiger partial charge in [0.05, 0.1) is 34.7 Å². The number of aromatic nitrogens is 3. The molecule has 0 amide bonds. The summed E-state index contributed by atoms with van der Waals surface area (Å²) in [4.78, 5) is 16.1. The van der Waals surface area contributed by atoms with Crippen LogP contribution in [0.5, 0.6) is 0 Å². The molecule has 0 unspecified atom stereocenters. The van der Waals surface area contributed by atoms with E-state index >= 15 is 0 Å². The van der Waals surface area contributed by atoms with Crippen LogP contribution in [0.1, 0.15) is 16.8 Å². The van der Waals surface area contributed by atoms with Crippen molar-refractivity contribution in [2.24, 2.45) is 0 Å². The molecule has 0 saturated carbocycles. The highest BCUT2D eigenvalue weighted by atomic mass is 35.5. The summed E-state index contributed by atoms with van der Waals surface area (Å²) >= 11 is 17.8. The van der Waals surface area contributed by atoms with Crippen molar-refractivity contribution in [3.8, 4) is 0 Å². The van der Waals surface area contributed by atoms with Crippen LogP contribution in [-0.4, -0.2) is 14.8 Å². The van der Waals surface area contributed by atoms with Crippen LogP contribution >= 0.6 is 34.8 Å². The largest absolute Gasteiger partial charge is 0.417 e. The lowest BCUT2D eigenvalue weighted by molar-refractivity contribution is -0.137. The van der Waals surface area contributed by atoms with E-state index in [0.717, 1.165) is 16.3 Å². The van der Waals surface area contributed by atoms with Crippen molar-refractivity contribution in [1.29, 1.82) is 0 Å². The number of nitrogens with one attached hydrogen (secondary N) is 1. The third-order valence-electron chi connectivity index (χ3n) is 3.93. The molecule has 1 N–H and O–H groups in total. The van der Waals surface area contributed by atoms with Gasteiger partial charge in [-0.15, -0.1) is 0 Å². The zero-order valence-electron chi connectivity index (χ0n) is 14.5. The van der Waals surface area contributed by atoms with E-state index in [9.17, 15) is 18.0 Å². The molecule has 1 aromatic carbocycles. The van der Waals surface area contributed by atoms with Gasteiger partial charge in [-0.05, 0) is 23.8 Å². The van der Waals surface area contributed by atoms with E-state index in [1.165, 1.54) is 6.20 Å². The zero-order chi connectivity index (χ0) is 21.2. The molecule has 11 heteroatoms. The summed E-state index contributed by atoms with van der Waals surface area (Å²) in [6.07, 6.45) is -2.57. The average molecular weight is 464 g/mol. The predicted molar refractivity (Wildman–Crippen MR) is 106 cm³/mol. The van der Waals surface area contributed by atoms with Gasteiger partial charge >= 0.3 is 6.18 Å². The highest BCUT2D eigenvalue weighted by Gasteiger charge is 2.31. The average Bonchev–Trinajstić information content (AvgIpc) is 2.66. The van der Waals surface area contributed by atoms with E-state index in [4.69, 9.17) is 34.8 Å². The fourth-order valence-electron chi connectivity index (χ4n) is 2.38. The minimum absolute atomic E-state index is 0.0622. The molecule has 3 rings (SSSR count). The number of benzene rings is 1. The van der Waals surface area contributed by atoms with Gasteiger partial charge in [0.1, 0.15) is 5.02 Å². The van der Waals surface area contributed by atoms with Crippen LogP contribution in [0.3, 0.4) is 0 Å². The first kappa shape index (κ1) is 21.4. The van der Waals surface area contributed by atoms with Gasteiger partial charge in [0.15, 0.2) is 0 Å². The van der Waals surface area contributed by atoms with E-state index in [-0.39, 0.29) is 22.3 Å². The lowest BCUT2D eigenvalue weighted by atomic mass is 10.2. The third-order valence-corrected chi connectivity index (χ3v) is 4.87. The maximum Gasteiger partial charge on any atom is 0.417 e. The van der Waals surface area contributed by atoms with Crippen LogP contribution in [0, 0.1) is 0 Å². The van der Waals surface area contributed by atoms with Crippen LogP contribution in [-0.2, 0) is 19.3 Å². The van der Waals surface area contributed by atoms with Gasteiger partial charge in [-0.1, -0.05) is 46.9 Å². The Labute approximate surface area is 178 Å². The summed E-state index contributed by atoms with van der Waals surface area (Å²) in [7, 11) is 0. The van der Waals surface area contributed by atoms with Crippen molar-refractivity contribution >= 4 is 40.5 Å². The maximum absolute atomic E-state index is 12.7. The number of hydrogen-bond acceptors (Lipinski definition) is 4. The number of pyridine rings is 1. The summed E-state index contributed by atoms with van der Waals surface area (Å²) in [5.41, 5.74) is -0.325. The van der Waals surface area contributed by atoms with Crippen LogP contribution in [0.2, 0.25) is 15.1 Å². The molecule has 0 aliphatic rings. The standard InChI is InChI=1S/C18H12Cl3F3N4O/c19-12-3-1-10(2-4-12)6-25-14-8-27-28(17(29)16(14)21)9-15-13(20)5-11(7-26-15)18(22,23)24/h1-5,7-8,25H,6,9H2. The van der Waals surface area contributed by atoms with Crippen LogP contribution in [0.4, 0.5) is 18.9 Å². The van der Waals surface area contributed by atoms with Crippen molar-refractivity contribution in [3.05, 3.63) is 85.0 Å². The number of hydrogen-bond donors (Lipinski definition) is 1. The Balaban J connectivity index is 1.77. The van der Waals surface area contributed by atoms with E-state index in [1.807, 2.05) is 12.1 Å². The number of anilines is 1. The van der Waals surface area contributed by atoms with E-state index in [1.54, 1.807) is 12.1 Å². The van der Waals surface area contributed by atoms with Gasteiger partial charge in [0.25, 0.3) is 5.56 Å². The molecule has 152 valence electrons. The molecule has 0 aliphatic carbocycles. The van der Waals surface area contributed by atoms with E-state index < -0.39 is 17.3 Å². The van der Waals surface area contributed by atoms with Crippen molar-refractivity contribution in [3.63, 3.8) is 0 Å². The predicted octanol–water partition coefficient (Wildman–Crippen LogP) is 5.28. The summed E-state index contributed by atoms with van der Waals surface area (Å²) < 4.78 is 39.1. The maximum atomic E-state index is 12.7. The molecule has 0 spiro atoms. The molecule has 0 fully saturated rings. The molecule has 3 aromatic rings. The molecule has 29 heavy (non-hydrogen) atoms. The quantitative estimate of drug-likeness (QED) is 0.559. The summed E-state index contributed by atoms with van der Waals surface area (Å²) in [6, 6.07) is 7.85. The summed E-state index contributed by atoms with van der Waals surface area (Å²) in [5, 5.41) is 7.25. The number of halogens is 6. The minimum Gasteiger partial charge on any atom is -0.378 e. The van der Waals surface area contributed by atoms with Crippen molar-refractivity contribution in [2.45, 2.75) is 19.3 Å². The Bertz CT molecular complexity index is 1090. The summed E-state index contributed by atoms with van der Waals surface area (Å²) in [6.45, 7) is 0.154. The second-order valence-corrected chi connectivity index (χ2v) is 7.19. The molecule has 2 aromatic heterocycles. The van der Waals surface area contributed by atoms with Crippen molar-refractivity contribution in [1.82, 2.24) is 14.8 Å². The SMILES string of the molecule is O=c1c(Cl)c(NCc2ccc(Cl)cc2)cnn1Cc1ncc(C(F)(F)F)cc1Cl. The normalized spacial score (nSPS) is 11.5. The Morgan fingerprint density at radius 3 is 2.38 bits per heavy atom. The molecule has 0 saturated heterocycles. The zero-order valence-corrected chi connectivity index (χ0v) is 16.7. The van der Waals surface area contributed by atoms with Gasteiger partial charge < -0.3 is 5.32 Å². The van der Waals surface area contributed by atoms with Gasteiger partial charge in [-0.3, -0.25) is 9.78 Å². The number of rotatable bonds is 5. The van der Waals surface area contributed by atoms with E-state index in [0.29, 0.717) is 23.5 Å². The van der Waals surface area contributed by atoms with E-state index in [2.05, 4.69) is 15.4 Å². The highest BCUT2D eigenvalue weighted by Crippen LogP contribution is 2.31. The molecule has 5 nitrogen and oxygen atoms in total. The van der Waals surface area contributed by atoms with Crippen LogP contribution < -0.4 is 10.9 Å². The summed E-state index contributed by atoms with van der Waals surface area (Å²) in [5.74, 6) is 0. The van der Waals surface area contributed by atoms with Gasteiger partial charge in [0.2, 0.25) is 0 Å². The molecule has 0 radical (unpaired) electrons. The second kappa shape index (κ2) is 8.61. The second-order valence-electron chi connectivity index (χ2n) is 5.97. The monoisotopic (exact) mass is 462 g/mol. The third kappa shape index (κ3) is 5.20. The topological polar surface area (TPSA) is 59.8 Å². The molecule has 2 heterocycles. The first-order valence-corrected chi connectivity index (χ1v) is 9.24. The first-order chi connectivity index (χ1) is 13.6. The molecular formula is C18H12Cl3F3N4O. The number of alkyl halides is 3. The Morgan fingerprint density at radius 1 is 1.07 bits per heavy atom. The molecule has 0 atom stereocenters. The fourth-order valence-corrected chi connectivity index (χ4v) is 2.95. The molecule has 0 bridgehead atoms. The van der Waals surface area contributed by atoms with Crippen LogP contribution in [0.25, 0.3) is 0 Å². The Morgan fingerprint density at radius 2 is 1.76 bits per heavy atom.